The highest BCUT2D eigenvalue weighted by molar-refractivity contribution is 6.47. The molecule has 0 saturated heterocycles. The molecule has 1 heterocycles. The molecule has 0 unspecified atom stereocenters. The highest BCUT2D eigenvalue weighted by Gasteiger charge is 2.33. The molecule has 66 valence electrons. The molecule has 1 aliphatic rings. The van der Waals surface area contributed by atoms with Crippen LogP contribution < -0.4 is 0 Å². The minimum Gasteiger partial charge on any atom is -0.422 e. The molecule has 1 aromatic heterocycles. The Morgan fingerprint density at radius 3 is 2.50 bits per heavy atom. The zero-order valence-electron chi connectivity index (χ0n) is 6.55. The fourth-order valence-corrected chi connectivity index (χ4v) is 1.06. The highest BCUT2D eigenvalue weighted by Crippen LogP contribution is 2.41. The first-order valence-corrected chi connectivity index (χ1v) is 4.54. The minimum atomic E-state index is -1.07. The number of alkyl halides is 2. The van der Waals surface area contributed by atoms with Crippen LogP contribution in [0.15, 0.2) is 4.42 Å². The number of rotatable bonds is 2. The van der Waals surface area contributed by atoms with E-state index in [2.05, 4.69) is 10.2 Å². The van der Waals surface area contributed by atoms with E-state index in [9.17, 15) is 0 Å². The standard InChI is InChI=1S/C7H8Cl2N2O/c1-7(8,9)6-11-10-5(12-6)4-2-3-4/h4H,2-3H2,1H3. The lowest BCUT2D eigenvalue weighted by atomic mass is 10.4. The molecule has 0 spiro atoms. The molecule has 0 amide bonds. The maximum atomic E-state index is 5.77. The third-order valence-electron chi connectivity index (χ3n) is 1.74. The van der Waals surface area contributed by atoms with E-state index in [4.69, 9.17) is 27.6 Å². The molecule has 0 N–H and O–H groups in total. The van der Waals surface area contributed by atoms with Crippen molar-refractivity contribution in [2.75, 3.05) is 0 Å². The first-order valence-electron chi connectivity index (χ1n) is 3.79. The van der Waals surface area contributed by atoms with Gasteiger partial charge in [0.05, 0.1) is 0 Å². The Bertz CT molecular complexity index is 288. The van der Waals surface area contributed by atoms with Crippen molar-refractivity contribution in [1.82, 2.24) is 10.2 Å². The summed E-state index contributed by atoms with van der Waals surface area (Å²) in [6, 6.07) is 0. The number of nitrogens with zero attached hydrogens (tertiary/aromatic N) is 2. The van der Waals surface area contributed by atoms with Crippen LogP contribution in [0.3, 0.4) is 0 Å². The van der Waals surface area contributed by atoms with Crippen molar-refractivity contribution in [2.45, 2.75) is 30.0 Å². The smallest absolute Gasteiger partial charge is 0.252 e. The third kappa shape index (κ3) is 1.57. The van der Waals surface area contributed by atoms with Gasteiger partial charge >= 0.3 is 0 Å². The second-order valence-corrected chi connectivity index (χ2v) is 4.81. The summed E-state index contributed by atoms with van der Waals surface area (Å²) in [7, 11) is 0. The molecule has 0 aromatic carbocycles. The van der Waals surface area contributed by atoms with Gasteiger partial charge in [0.25, 0.3) is 5.89 Å². The van der Waals surface area contributed by atoms with Crippen LogP contribution in [-0.2, 0) is 4.33 Å². The van der Waals surface area contributed by atoms with Crippen LogP contribution in [0.2, 0.25) is 0 Å². The van der Waals surface area contributed by atoms with Crippen molar-refractivity contribution < 1.29 is 4.42 Å². The summed E-state index contributed by atoms with van der Waals surface area (Å²) >= 11 is 11.5. The van der Waals surface area contributed by atoms with Crippen molar-refractivity contribution in [3.8, 4) is 0 Å². The molecule has 0 aliphatic heterocycles. The van der Waals surface area contributed by atoms with Crippen molar-refractivity contribution in [3.05, 3.63) is 11.8 Å². The van der Waals surface area contributed by atoms with E-state index in [1.807, 2.05) is 0 Å². The SMILES string of the molecule is CC(Cl)(Cl)c1nnc(C2CC2)o1. The topological polar surface area (TPSA) is 38.9 Å². The third-order valence-corrected chi connectivity index (χ3v) is 2.07. The first kappa shape index (κ1) is 8.32. The van der Waals surface area contributed by atoms with Crippen LogP contribution in [-0.4, -0.2) is 10.2 Å². The summed E-state index contributed by atoms with van der Waals surface area (Å²) in [6.45, 7) is 1.61. The lowest BCUT2D eigenvalue weighted by Gasteiger charge is -2.04. The molecule has 0 bridgehead atoms. The fraction of sp³-hybridized carbons (Fsp3) is 0.714. The van der Waals surface area contributed by atoms with Crippen molar-refractivity contribution in [1.29, 1.82) is 0 Å². The van der Waals surface area contributed by atoms with E-state index in [0.717, 1.165) is 12.8 Å². The summed E-state index contributed by atoms with van der Waals surface area (Å²) in [6.07, 6.45) is 2.26. The van der Waals surface area contributed by atoms with Gasteiger partial charge in [0.2, 0.25) is 5.89 Å². The number of hydrogen-bond acceptors (Lipinski definition) is 3. The van der Waals surface area contributed by atoms with Crippen LogP contribution in [0.4, 0.5) is 0 Å². The van der Waals surface area contributed by atoms with Crippen molar-refractivity contribution in [3.63, 3.8) is 0 Å². The van der Waals surface area contributed by atoms with Crippen molar-refractivity contribution >= 4 is 23.2 Å². The predicted molar refractivity (Wildman–Crippen MR) is 45.3 cm³/mol. The van der Waals surface area contributed by atoms with Crippen LogP contribution in [0.5, 0.6) is 0 Å². The lowest BCUT2D eigenvalue weighted by Crippen LogP contribution is -2.03. The average molecular weight is 207 g/mol. The second kappa shape index (κ2) is 2.60. The van der Waals surface area contributed by atoms with Gasteiger partial charge in [-0.25, -0.2) is 0 Å². The summed E-state index contributed by atoms with van der Waals surface area (Å²) in [5.41, 5.74) is 0. The summed E-state index contributed by atoms with van der Waals surface area (Å²) in [5, 5.41) is 7.63. The summed E-state index contributed by atoms with van der Waals surface area (Å²) < 4.78 is 4.22. The first-order chi connectivity index (χ1) is 5.57. The summed E-state index contributed by atoms with van der Waals surface area (Å²) in [4.78, 5) is 0. The Morgan fingerprint density at radius 2 is 2.08 bits per heavy atom. The molecule has 3 nitrogen and oxygen atoms in total. The zero-order chi connectivity index (χ0) is 8.77. The maximum Gasteiger partial charge on any atom is 0.252 e. The molecular formula is C7H8Cl2N2O. The monoisotopic (exact) mass is 206 g/mol. The predicted octanol–water partition coefficient (Wildman–Crippen LogP) is 2.60. The Kier molecular flexibility index (Phi) is 1.81. The van der Waals surface area contributed by atoms with Gasteiger partial charge in [-0.1, -0.05) is 23.2 Å². The Labute approximate surface area is 80.1 Å². The van der Waals surface area contributed by atoms with E-state index in [-0.39, 0.29) is 5.89 Å². The molecular weight excluding hydrogens is 199 g/mol. The van der Waals surface area contributed by atoms with Crippen LogP contribution >= 0.6 is 23.2 Å². The van der Waals surface area contributed by atoms with E-state index >= 15 is 0 Å². The van der Waals surface area contributed by atoms with Crippen LogP contribution in [0, 0.1) is 0 Å². The van der Waals surface area contributed by atoms with Gasteiger partial charge in [-0.2, -0.15) is 0 Å². The van der Waals surface area contributed by atoms with E-state index in [1.54, 1.807) is 6.92 Å². The van der Waals surface area contributed by atoms with Crippen LogP contribution in [0.25, 0.3) is 0 Å². The maximum absolute atomic E-state index is 5.77. The number of hydrogen-bond donors (Lipinski definition) is 0. The number of aromatic nitrogens is 2. The molecule has 0 radical (unpaired) electrons. The fourth-order valence-electron chi connectivity index (χ4n) is 0.907. The highest BCUT2D eigenvalue weighted by atomic mass is 35.5. The summed E-state index contributed by atoms with van der Waals surface area (Å²) in [5.74, 6) is 1.40. The van der Waals surface area contributed by atoms with Crippen LogP contribution in [0.1, 0.15) is 37.5 Å². The zero-order valence-corrected chi connectivity index (χ0v) is 8.06. The average Bonchev–Trinajstić information content (AvgIpc) is 2.66. The van der Waals surface area contributed by atoms with Gasteiger partial charge in [0, 0.05) is 5.92 Å². The number of halogens is 2. The van der Waals surface area contributed by atoms with Gasteiger partial charge in [-0.3, -0.25) is 0 Å². The molecule has 12 heavy (non-hydrogen) atoms. The van der Waals surface area contributed by atoms with Crippen molar-refractivity contribution in [2.24, 2.45) is 0 Å². The minimum absolute atomic E-state index is 0.285. The molecule has 0 atom stereocenters. The molecule has 1 saturated carbocycles. The molecule has 1 aliphatic carbocycles. The normalized spacial score (nSPS) is 18.2. The van der Waals surface area contributed by atoms with Gasteiger partial charge in [-0.15, -0.1) is 10.2 Å². The molecule has 1 aromatic rings. The Balaban J connectivity index is 2.23. The van der Waals surface area contributed by atoms with Gasteiger partial charge in [0.1, 0.15) is 0 Å². The van der Waals surface area contributed by atoms with Gasteiger partial charge in [0.15, 0.2) is 4.33 Å². The molecule has 1 fully saturated rings. The quantitative estimate of drug-likeness (QED) is 0.699. The second-order valence-electron chi connectivity index (χ2n) is 3.11. The Morgan fingerprint density at radius 1 is 1.42 bits per heavy atom. The van der Waals surface area contributed by atoms with E-state index in [0.29, 0.717) is 11.8 Å². The molecule has 5 heteroatoms. The largest absolute Gasteiger partial charge is 0.422 e. The molecule has 2 rings (SSSR count). The van der Waals surface area contributed by atoms with E-state index < -0.39 is 4.33 Å². The van der Waals surface area contributed by atoms with E-state index in [1.165, 1.54) is 0 Å². The van der Waals surface area contributed by atoms with Gasteiger partial charge in [-0.05, 0) is 19.8 Å². The lowest BCUT2D eigenvalue weighted by molar-refractivity contribution is 0.441. The Hall–Kier alpha value is -0.280. The van der Waals surface area contributed by atoms with Gasteiger partial charge < -0.3 is 4.42 Å².